The van der Waals surface area contributed by atoms with E-state index < -0.39 is 0 Å². The van der Waals surface area contributed by atoms with Gasteiger partial charge in [0.2, 0.25) is 0 Å². The Morgan fingerprint density at radius 1 is 1.22 bits per heavy atom. The molecule has 0 saturated heterocycles. The second-order valence-corrected chi connectivity index (χ2v) is 6.50. The normalized spacial score (nSPS) is 16.4. The Labute approximate surface area is 135 Å². The third-order valence-electron chi connectivity index (χ3n) is 4.83. The maximum absolute atomic E-state index is 10.1. The third kappa shape index (κ3) is 2.19. The number of para-hydroxylation sites is 1. The summed E-state index contributed by atoms with van der Waals surface area (Å²) >= 11 is 0. The highest BCUT2D eigenvalue weighted by Crippen LogP contribution is 2.37. The highest BCUT2D eigenvalue weighted by atomic mass is 16.3. The monoisotopic (exact) mass is 302 g/mol. The van der Waals surface area contributed by atoms with Gasteiger partial charge in [0, 0.05) is 22.2 Å². The molecule has 1 N–H and O–H groups in total. The zero-order valence-electron chi connectivity index (χ0n) is 13.1. The summed E-state index contributed by atoms with van der Waals surface area (Å²) in [5.41, 5.74) is 5.52. The second-order valence-electron chi connectivity index (χ2n) is 6.50. The summed E-state index contributed by atoms with van der Waals surface area (Å²) in [6.45, 7) is 2.93. The standard InChI is InChI=1S/C20H18N2O/c1-13-8-16-17-10-14(11-21)6-7-18(17)22(19(16)9-13)12-15-4-2-3-5-20(15)23/h2-7,10,13,23H,8-9,12H2,1H3/t13-/m0/s1. The van der Waals surface area contributed by atoms with E-state index in [1.54, 1.807) is 6.07 Å². The first kappa shape index (κ1) is 13.9. The Morgan fingerprint density at radius 2 is 2.04 bits per heavy atom. The van der Waals surface area contributed by atoms with E-state index in [1.807, 2.05) is 36.4 Å². The number of phenolic OH excluding ortho intramolecular Hbond substituents is 1. The van der Waals surface area contributed by atoms with E-state index in [0.29, 0.717) is 23.8 Å². The van der Waals surface area contributed by atoms with E-state index in [0.717, 1.165) is 23.9 Å². The molecule has 1 aliphatic rings. The van der Waals surface area contributed by atoms with Crippen LogP contribution in [0.15, 0.2) is 42.5 Å². The number of hydrogen-bond acceptors (Lipinski definition) is 2. The molecule has 1 aromatic heterocycles. The maximum Gasteiger partial charge on any atom is 0.120 e. The van der Waals surface area contributed by atoms with Gasteiger partial charge in [0.05, 0.1) is 18.2 Å². The van der Waals surface area contributed by atoms with Crippen molar-refractivity contribution in [1.82, 2.24) is 4.57 Å². The third-order valence-corrected chi connectivity index (χ3v) is 4.83. The van der Waals surface area contributed by atoms with Gasteiger partial charge < -0.3 is 9.67 Å². The molecule has 1 heterocycles. The van der Waals surface area contributed by atoms with E-state index in [1.165, 1.54) is 16.6 Å². The van der Waals surface area contributed by atoms with Crippen LogP contribution < -0.4 is 0 Å². The summed E-state index contributed by atoms with van der Waals surface area (Å²) in [6, 6.07) is 15.7. The van der Waals surface area contributed by atoms with Gasteiger partial charge in [0.25, 0.3) is 0 Å². The van der Waals surface area contributed by atoms with Crippen LogP contribution in [-0.2, 0) is 19.4 Å². The van der Waals surface area contributed by atoms with Crippen LogP contribution in [0, 0.1) is 17.2 Å². The molecule has 23 heavy (non-hydrogen) atoms. The number of aromatic nitrogens is 1. The van der Waals surface area contributed by atoms with Crippen molar-refractivity contribution in [3.63, 3.8) is 0 Å². The van der Waals surface area contributed by atoms with Crippen molar-refractivity contribution in [3.8, 4) is 11.8 Å². The molecule has 3 nitrogen and oxygen atoms in total. The van der Waals surface area contributed by atoms with Crippen molar-refractivity contribution in [2.75, 3.05) is 0 Å². The molecular weight excluding hydrogens is 284 g/mol. The van der Waals surface area contributed by atoms with E-state index in [4.69, 9.17) is 0 Å². The van der Waals surface area contributed by atoms with Crippen LogP contribution >= 0.6 is 0 Å². The van der Waals surface area contributed by atoms with Crippen LogP contribution in [0.4, 0.5) is 0 Å². The van der Waals surface area contributed by atoms with Crippen molar-refractivity contribution >= 4 is 10.9 Å². The topological polar surface area (TPSA) is 49.0 Å². The minimum Gasteiger partial charge on any atom is -0.508 e. The molecule has 2 aromatic carbocycles. The first-order valence-corrected chi connectivity index (χ1v) is 7.98. The van der Waals surface area contributed by atoms with Crippen LogP contribution in [0.5, 0.6) is 5.75 Å². The smallest absolute Gasteiger partial charge is 0.120 e. The molecule has 3 heteroatoms. The number of nitrogens with zero attached hydrogens (tertiary/aromatic N) is 2. The Kier molecular flexibility index (Phi) is 3.12. The van der Waals surface area contributed by atoms with Gasteiger partial charge in [-0.05, 0) is 48.6 Å². The molecule has 0 saturated carbocycles. The maximum atomic E-state index is 10.1. The van der Waals surface area contributed by atoms with Gasteiger partial charge in [0.15, 0.2) is 0 Å². The van der Waals surface area contributed by atoms with Gasteiger partial charge >= 0.3 is 0 Å². The lowest BCUT2D eigenvalue weighted by atomic mass is 10.1. The summed E-state index contributed by atoms with van der Waals surface area (Å²) < 4.78 is 2.31. The van der Waals surface area contributed by atoms with Crippen molar-refractivity contribution in [2.24, 2.45) is 5.92 Å². The van der Waals surface area contributed by atoms with Crippen LogP contribution in [0.2, 0.25) is 0 Å². The second kappa shape index (κ2) is 5.17. The Bertz CT molecular complexity index is 946. The molecule has 0 spiro atoms. The zero-order valence-corrected chi connectivity index (χ0v) is 13.1. The quantitative estimate of drug-likeness (QED) is 0.777. The number of rotatable bonds is 2. The minimum absolute atomic E-state index is 0.336. The molecule has 0 aliphatic heterocycles. The number of benzene rings is 2. The van der Waals surface area contributed by atoms with Crippen molar-refractivity contribution in [2.45, 2.75) is 26.3 Å². The summed E-state index contributed by atoms with van der Waals surface area (Å²) in [7, 11) is 0. The fraction of sp³-hybridized carbons (Fsp3) is 0.250. The van der Waals surface area contributed by atoms with Crippen molar-refractivity contribution < 1.29 is 5.11 Å². The zero-order chi connectivity index (χ0) is 16.0. The molecule has 0 bridgehead atoms. The van der Waals surface area contributed by atoms with Gasteiger partial charge in [-0.3, -0.25) is 0 Å². The lowest BCUT2D eigenvalue weighted by Gasteiger charge is -2.12. The fourth-order valence-corrected chi connectivity index (χ4v) is 3.75. The number of phenols is 1. The fourth-order valence-electron chi connectivity index (χ4n) is 3.75. The molecule has 0 amide bonds. The van der Waals surface area contributed by atoms with E-state index in [9.17, 15) is 10.4 Å². The number of hydrogen-bond donors (Lipinski definition) is 1. The average Bonchev–Trinajstić information content (AvgIpc) is 3.06. The van der Waals surface area contributed by atoms with Gasteiger partial charge in [-0.15, -0.1) is 0 Å². The molecule has 0 unspecified atom stereocenters. The van der Waals surface area contributed by atoms with Gasteiger partial charge in [-0.25, -0.2) is 0 Å². The molecule has 0 fully saturated rings. The Morgan fingerprint density at radius 3 is 2.83 bits per heavy atom. The lowest BCUT2D eigenvalue weighted by Crippen LogP contribution is -2.05. The van der Waals surface area contributed by atoms with E-state index >= 15 is 0 Å². The van der Waals surface area contributed by atoms with Crippen LogP contribution in [-0.4, -0.2) is 9.67 Å². The predicted molar refractivity (Wildman–Crippen MR) is 90.4 cm³/mol. The summed E-state index contributed by atoms with van der Waals surface area (Å²) in [4.78, 5) is 0. The summed E-state index contributed by atoms with van der Waals surface area (Å²) in [5.74, 6) is 0.966. The number of fused-ring (bicyclic) bond motifs is 3. The first-order chi connectivity index (χ1) is 11.2. The Balaban J connectivity index is 1.91. The first-order valence-electron chi connectivity index (χ1n) is 7.98. The van der Waals surface area contributed by atoms with Crippen LogP contribution in [0.25, 0.3) is 10.9 Å². The lowest BCUT2D eigenvalue weighted by molar-refractivity contribution is 0.466. The highest BCUT2D eigenvalue weighted by molar-refractivity contribution is 5.87. The number of aromatic hydroxyl groups is 1. The van der Waals surface area contributed by atoms with Gasteiger partial charge in [-0.2, -0.15) is 5.26 Å². The van der Waals surface area contributed by atoms with E-state index in [2.05, 4.69) is 17.6 Å². The van der Waals surface area contributed by atoms with Gasteiger partial charge in [-0.1, -0.05) is 25.1 Å². The largest absolute Gasteiger partial charge is 0.508 e. The van der Waals surface area contributed by atoms with Gasteiger partial charge in [0.1, 0.15) is 5.75 Å². The van der Waals surface area contributed by atoms with Crippen LogP contribution in [0.3, 0.4) is 0 Å². The highest BCUT2D eigenvalue weighted by Gasteiger charge is 2.26. The minimum atomic E-state index is 0.336. The molecule has 3 aromatic rings. The number of nitriles is 1. The summed E-state index contributed by atoms with van der Waals surface area (Å²) in [6.07, 6.45) is 2.12. The molecule has 4 rings (SSSR count). The van der Waals surface area contributed by atoms with E-state index in [-0.39, 0.29) is 0 Å². The average molecular weight is 302 g/mol. The Hall–Kier alpha value is -2.73. The van der Waals surface area contributed by atoms with Crippen molar-refractivity contribution in [1.29, 1.82) is 5.26 Å². The summed E-state index contributed by atoms with van der Waals surface area (Å²) in [5, 5.41) is 20.5. The molecule has 1 atom stereocenters. The van der Waals surface area contributed by atoms with Crippen LogP contribution in [0.1, 0.15) is 29.3 Å². The molecule has 0 radical (unpaired) electrons. The predicted octanol–water partition coefficient (Wildman–Crippen LogP) is 4.00. The SMILES string of the molecule is C[C@H]1Cc2c(n(Cc3ccccc3O)c3ccc(C#N)cc23)C1. The molecule has 1 aliphatic carbocycles. The molecular formula is C20H18N2O. The van der Waals surface area contributed by atoms with Crippen molar-refractivity contribution in [3.05, 3.63) is 64.8 Å². The molecule has 114 valence electrons.